The standard InChI is InChI=1S/C20H21F3N4O3/c1-30-17-8-14(24)12(9-25-13-5-11(6-13)10-28)7-16(17)27-19(29)15-3-2-4-18(26-15)20(21,22)23/h2-4,7-9,11,13,28H,5-6,10,24H2,1H3,(H,27,29). The number of hydrogen-bond donors (Lipinski definition) is 3. The SMILES string of the molecule is COc1cc(N)c(C=NC2CC(CO)C2)cc1NC(=O)c1cccc(C(F)(F)F)n1. The van der Waals surface area contributed by atoms with E-state index in [2.05, 4.69) is 15.3 Å². The molecule has 1 fully saturated rings. The number of carbonyl (C=O) groups excluding carboxylic acids is 1. The fraction of sp³-hybridized carbons (Fsp3) is 0.350. The molecule has 30 heavy (non-hydrogen) atoms. The van der Waals surface area contributed by atoms with Crippen molar-refractivity contribution < 1.29 is 27.8 Å². The van der Waals surface area contributed by atoms with Crippen molar-refractivity contribution in [2.24, 2.45) is 10.9 Å². The predicted octanol–water partition coefficient (Wildman–Crippen LogP) is 3.13. The van der Waals surface area contributed by atoms with E-state index in [-0.39, 0.29) is 35.7 Å². The minimum atomic E-state index is -4.66. The van der Waals surface area contributed by atoms with E-state index in [1.165, 1.54) is 25.3 Å². The Morgan fingerprint density at radius 3 is 2.77 bits per heavy atom. The molecule has 0 aliphatic heterocycles. The lowest BCUT2D eigenvalue weighted by atomic mass is 9.81. The number of aliphatic hydroxyl groups excluding tert-OH is 1. The fourth-order valence-corrected chi connectivity index (χ4v) is 3.05. The number of aliphatic imine (C=N–C) groups is 1. The normalized spacial score (nSPS) is 18.8. The molecule has 3 rings (SSSR count). The lowest BCUT2D eigenvalue weighted by molar-refractivity contribution is -0.141. The number of nitrogens with one attached hydrogen (secondary N) is 1. The first-order valence-corrected chi connectivity index (χ1v) is 9.18. The molecule has 1 aliphatic rings. The summed E-state index contributed by atoms with van der Waals surface area (Å²) in [4.78, 5) is 20.3. The van der Waals surface area contributed by atoms with Gasteiger partial charge in [-0.25, -0.2) is 4.98 Å². The van der Waals surface area contributed by atoms with Crippen LogP contribution in [0.1, 0.15) is 34.6 Å². The third-order valence-electron chi connectivity index (χ3n) is 4.82. The molecule has 1 saturated carbocycles. The number of nitrogens with zero attached hydrogens (tertiary/aromatic N) is 2. The summed E-state index contributed by atoms with van der Waals surface area (Å²) < 4.78 is 43.8. The molecule has 10 heteroatoms. The van der Waals surface area contributed by atoms with Gasteiger partial charge in [-0.05, 0) is 37.0 Å². The first kappa shape index (κ1) is 21.6. The van der Waals surface area contributed by atoms with Crippen LogP contribution in [0, 0.1) is 5.92 Å². The van der Waals surface area contributed by atoms with Crippen molar-refractivity contribution in [3.05, 3.63) is 47.3 Å². The van der Waals surface area contributed by atoms with Crippen molar-refractivity contribution >= 4 is 23.5 Å². The van der Waals surface area contributed by atoms with Gasteiger partial charge in [-0.1, -0.05) is 6.07 Å². The summed E-state index contributed by atoms with van der Waals surface area (Å²) >= 11 is 0. The topological polar surface area (TPSA) is 110 Å². The van der Waals surface area contributed by atoms with E-state index in [1.54, 1.807) is 6.21 Å². The van der Waals surface area contributed by atoms with Crippen LogP contribution in [0.2, 0.25) is 0 Å². The Kier molecular flexibility index (Phi) is 6.25. The van der Waals surface area contributed by atoms with E-state index >= 15 is 0 Å². The van der Waals surface area contributed by atoms with Gasteiger partial charge in [-0.3, -0.25) is 9.79 Å². The summed E-state index contributed by atoms with van der Waals surface area (Å²) in [6, 6.07) is 6.21. The molecule has 0 saturated heterocycles. The highest BCUT2D eigenvalue weighted by atomic mass is 19.4. The number of anilines is 2. The van der Waals surface area contributed by atoms with E-state index in [1.807, 2.05) is 0 Å². The van der Waals surface area contributed by atoms with E-state index < -0.39 is 17.8 Å². The molecular formula is C20H21F3N4O3. The number of aliphatic hydroxyl groups is 1. The first-order valence-electron chi connectivity index (χ1n) is 9.18. The lowest BCUT2D eigenvalue weighted by Crippen LogP contribution is -2.29. The Morgan fingerprint density at radius 2 is 2.13 bits per heavy atom. The number of halogens is 3. The van der Waals surface area contributed by atoms with Crippen LogP contribution in [0.4, 0.5) is 24.5 Å². The molecule has 160 valence electrons. The van der Waals surface area contributed by atoms with Crippen molar-refractivity contribution in [2.45, 2.75) is 25.1 Å². The number of aromatic nitrogens is 1. The predicted molar refractivity (Wildman–Crippen MR) is 106 cm³/mol. The Labute approximate surface area is 170 Å². The zero-order valence-corrected chi connectivity index (χ0v) is 16.1. The number of hydrogen-bond acceptors (Lipinski definition) is 6. The number of carbonyl (C=O) groups is 1. The molecular weight excluding hydrogens is 401 g/mol. The van der Waals surface area contributed by atoms with Gasteiger partial charge in [-0.2, -0.15) is 13.2 Å². The van der Waals surface area contributed by atoms with Crippen LogP contribution < -0.4 is 15.8 Å². The van der Waals surface area contributed by atoms with Gasteiger partial charge in [-0.15, -0.1) is 0 Å². The molecule has 0 unspecified atom stereocenters. The minimum absolute atomic E-state index is 0.0935. The summed E-state index contributed by atoms with van der Waals surface area (Å²) in [7, 11) is 1.38. The third kappa shape index (κ3) is 4.88. The highest BCUT2D eigenvalue weighted by molar-refractivity contribution is 6.04. The number of alkyl halides is 3. The zero-order valence-electron chi connectivity index (χ0n) is 16.1. The first-order chi connectivity index (χ1) is 14.2. The third-order valence-corrected chi connectivity index (χ3v) is 4.82. The van der Waals surface area contributed by atoms with Crippen molar-refractivity contribution in [1.29, 1.82) is 0 Å². The lowest BCUT2D eigenvalue weighted by Gasteiger charge is -2.30. The van der Waals surface area contributed by atoms with Crippen LogP contribution in [0.15, 0.2) is 35.3 Å². The molecule has 2 aromatic rings. The van der Waals surface area contributed by atoms with Crippen molar-refractivity contribution in [2.75, 3.05) is 24.8 Å². The van der Waals surface area contributed by atoms with Crippen LogP contribution in [0.5, 0.6) is 5.75 Å². The van der Waals surface area contributed by atoms with Crippen LogP contribution in [0.25, 0.3) is 0 Å². The Hall–Kier alpha value is -3.14. The molecule has 1 heterocycles. The maximum atomic E-state index is 12.8. The Bertz CT molecular complexity index is 957. The monoisotopic (exact) mass is 422 g/mol. The zero-order chi connectivity index (χ0) is 21.9. The molecule has 1 aromatic carbocycles. The van der Waals surface area contributed by atoms with E-state index in [0.717, 1.165) is 25.0 Å². The van der Waals surface area contributed by atoms with Gasteiger partial charge >= 0.3 is 6.18 Å². The van der Waals surface area contributed by atoms with Crippen LogP contribution in [0.3, 0.4) is 0 Å². The summed E-state index contributed by atoms with van der Waals surface area (Å²) in [5.41, 5.74) is 5.58. The smallest absolute Gasteiger partial charge is 0.433 e. The van der Waals surface area contributed by atoms with Crippen molar-refractivity contribution in [1.82, 2.24) is 4.98 Å². The summed E-state index contributed by atoms with van der Waals surface area (Å²) in [6.45, 7) is 0.135. The van der Waals surface area contributed by atoms with Gasteiger partial charge in [0, 0.05) is 30.1 Å². The molecule has 1 aromatic heterocycles. The van der Waals surface area contributed by atoms with Crippen molar-refractivity contribution in [3.8, 4) is 5.75 Å². The van der Waals surface area contributed by atoms with E-state index in [4.69, 9.17) is 15.6 Å². The maximum absolute atomic E-state index is 12.8. The highest BCUT2D eigenvalue weighted by Crippen LogP contribution is 2.32. The van der Waals surface area contributed by atoms with Gasteiger partial charge in [0.1, 0.15) is 17.1 Å². The average Bonchev–Trinajstić information content (AvgIpc) is 2.68. The molecule has 1 amide bonds. The molecule has 4 N–H and O–H groups in total. The number of nitrogen functional groups attached to an aromatic ring is 1. The van der Waals surface area contributed by atoms with Gasteiger partial charge in [0.15, 0.2) is 0 Å². The molecule has 0 spiro atoms. The summed E-state index contributed by atoms with van der Waals surface area (Å²) in [6.07, 6.45) is -1.51. The largest absolute Gasteiger partial charge is 0.494 e. The van der Waals surface area contributed by atoms with E-state index in [0.29, 0.717) is 11.3 Å². The minimum Gasteiger partial charge on any atom is -0.494 e. The molecule has 0 radical (unpaired) electrons. The van der Waals surface area contributed by atoms with Crippen molar-refractivity contribution in [3.63, 3.8) is 0 Å². The quantitative estimate of drug-likeness (QED) is 0.489. The van der Waals surface area contributed by atoms with E-state index in [9.17, 15) is 18.0 Å². The van der Waals surface area contributed by atoms with Crippen LogP contribution in [-0.4, -0.2) is 42.0 Å². The number of rotatable bonds is 6. The molecule has 7 nitrogen and oxygen atoms in total. The van der Waals surface area contributed by atoms with Gasteiger partial charge in [0.25, 0.3) is 5.91 Å². The molecule has 0 bridgehead atoms. The number of pyridine rings is 1. The van der Waals surface area contributed by atoms with Gasteiger partial charge in [0.2, 0.25) is 0 Å². The number of benzene rings is 1. The maximum Gasteiger partial charge on any atom is 0.433 e. The molecule has 1 aliphatic carbocycles. The second kappa shape index (κ2) is 8.70. The fourth-order valence-electron chi connectivity index (χ4n) is 3.05. The second-order valence-corrected chi connectivity index (χ2v) is 6.99. The highest BCUT2D eigenvalue weighted by Gasteiger charge is 2.33. The van der Waals surface area contributed by atoms with Crippen LogP contribution >= 0.6 is 0 Å². The van der Waals surface area contributed by atoms with Gasteiger partial charge < -0.3 is 20.9 Å². The Balaban J connectivity index is 1.81. The molecule has 0 atom stereocenters. The second-order valence-electron chi connectivity index (χ2n) is 6.99. The van der Waals surface area contributed by atoms with Gasteiger partial charge in [0.05, 0.1) is 18.8 Å². The Morgan fingerprint density at radius 1 is 1.40 bits per heavy atom. The number of methoxy groups -OCH3 is 1. The number of nitrogens with two attached hydrogens (primary N) is 1. The summed E-state index contributed by atoms with van der Waals surface area (Å²) in [5.74, 6) is -0.319. The summed E-state index contributed by atoms with van der Waals surface area (Å²) in [5, 5.41) is 11.6. The average molecular weight is 422 g/mol. The number of ether oxygens (including phenoxy) is 1. The van der Waals surface area contributed by atoms with Crippen LogP contribution in [-0.2, 0) is 6.18 Å². The number of amides is 1.